The van der Waals surface area contributed by atoms with Crippen LogP contribution in [0.3, 0.4) is 0 Å². The molecule has 0 bridgehead atoms. The van der Waals surface area contributed by atoms with Crippen molar-refractivity contribution in [1.82, 2.24) is 9.55 Å². The third kappa shape index (κ3) is 4.57. The van der Waals surface area contributed by atoms with Crippen molar-refractivity contribution in [3.63, 3.8) is 0 Å². The normalized spacial score (nSPS) is 12.6. The SMILES string of the molecule is CCc1cnc(SCC(=O)O)n1CCC(C)SC. The average molecular weight is 288 g/mol. The molecule has 102 valence electrons. The Hall–Kier alpha value is -0.620. The fourth-order valence-electron chi connectivity index (χ4n) is 1.58. The lowest BCUT2D eigenvalue weighted by molar-refractivity contribution is -0.133. The first kappa shape index (κ1) is 15.4. The lowest BCUT2D eigenvalue weighted by Crippen LogP contribution is -2.09. The van der Waals surface area contributed by atoms with E-state index in [-0.39, 0.29) is 5.75 Å². The van der Waals surface area contributed by atoms with Crippen LogP contribution in [0.2, 0.25) is 0 Å². The van der Waals surface area contributed by atoms with E-state index in [0.29, 0.717) is 5.25 Å². The minimum absolute atomic E-state index is 0.0677. The number of aromatic nitrogens is 2. The van der Waals surface area contributed by atoms with E-state index >= 15 is 0 Å². The molecule has 18 heavy (non-hydrogen) atoms. The highest BCUT2D eigenvalue weighted by molar-refractivity contribution is 7.99. The van der Waals surface area contributed by atoms with E-state index in [1.807, 2.05) is 18.0 Å². The van der Waals surface area contributed by atoms with Crippen LogP contribution in [0.15, 0.2) is 11.4 Å². The van der Waals surface area contributed by atoms with E-state index in [9.17, 15) is 4.79 Å². The Morgan fingerprint density at radius 3 is 2.89 bits per heavy atom. The van der Waals surface area contributed by atoms with Gasteiger partial charge in [0, 0.05) is 23.7 Å². The standard InChI is InChI=1S/C12H20N2O2S2/c1-4-10-7-13-12(18-8-11(15)16)14(10)6-5-9(2)17-3/h7,9H,4-6,8H2,1-3H3,(H,15,16). The van der Waals surface area contributed by atoms with Crippen LogP contribution >= 0.6 is 23.5 Å². The first-order chi connectivity index (χ1) is 8.58. The van der Waals surface area contributed by atoms with Gasteiger partial charge in [-0.25, -0.2) is 4.98 Å². The van der Waals surface area contributed by atoms with Crippen LogP contribution in [0, 0.1) is 0 Å². The third-order valence-electron chi connectivity index (χ3n) is 2.75. The van der Waals surface area contributed by atoms with Crippen LogP contribution in [0.5, 0.6) is 0 Å². The van der Waals surface area contributed by atoms with Crippen molar-refractivity contribution >= 4 is 29.5 Å². The van der Waals surface area contributed by atoms with E-state index in [1.165, 1.54) is 17.5 Å². The molecule has 0 aromatic carbocycles. The maximum atomic E-state index is 10.6. The number of nitrogens with zero attached hydrogens (tertiary/aromatic N) is 2. The maximum absolute atomic E-state index is 10.6. The molecule has 0 aliphatic rings. The number of carboxylic acid groups (broad SMARTS) is 1. The summed E-state index contributed by atoms with van der Waals surface area (Å²) in [4.78, 5) is 14.9. The summed E-state index contributed by atoms with van der Waals surface area (Å²) in [6.45, 7) is 5.21. The molecule has 0 saturated heterocycles. The van der Waals surface area contributed by atoms with Gasteiger partial charge in [-0.05, 0) is 19.1 Å². The van der Waals surface area contributed by atoms with Gasteiger partial charge in [0.2, 0.25) is 0 Å². The van der Waals surface area contributed by atoms with Crippen LogP contribution in [0.25, 0.3) is 0 Å². The predicted octanol–water partition coefficient (Wildman–Crippen LogP) is 2.76. The van der Waals surface area contributed by atoms with Gasteiger partial charge in [0.15, 0.2) is 5.16 Å². The van der Waals surface area contributed by atoms with Crippen molar-refractivity contribution in [1.29, 1.82) is 0 Å². The van der Waals surface area contributed by atoms with Gasteiger partial charge in [0.25, 0.3) is 0 Å². The monoisotopic (exact) mass is 288 g/mol. The second-order valence-electron chi connectivity index (χ2n) is 4.05. The molecule has 0 radical (unpaired) electrons. The smallest absolute Gasteiger partial charge is 0.313 e. The molecular formula is C12H20N2O2S2. The first-order valence-electron chi connectivity index (χ1n) is 6.00. The number of hydrogen-bond donors (Lipinski definition) is 1. The van der Waals surface area contributed by atoms with Crippen molar-refractivity contribution in [3.8, 4) is 0 Å². The van der Waals surface area contributed by atoms with Gasteiger partial charge in [0.1, 0.15) is 0 Å². The number of aliphatic carboxylic acids is 1. The fourth-order valence-corrected chi connectivity index (χ4v) is 2.67. The second-order valence-corrected chi connectivity index (χ2v) is 6.27. The van der Waals surface area contributed by atoms with E-state index < -0.39 is 5.97 Å². The van der Waals surface area contributed by atoms with E-state index in [4.69, 9.17) is 5.11 Å². The molecule has 0 amide bonds. The van der Waals surface area contributed by atoms with Crippen molar-refractivity contribution in [2.75, 3.05) is 12.0 Å². The first-order valence-corrected chi connectivity index (χ1v) is 8.27. The number of thioether (sulfide) groups is 2. The molecule has 0 aliphatic carbocycles. The molecule has 0 fully saturated rings. The Balaban J connectivity index is 2.71. The summed E-state index contributed by atoms with van der Waals surface area (Å²) in [5, 5.41) is 10.2. The van der Waals surface area contributed by atoms with Crippen LogP contribution in [-0.2, 0) is 17.8 Å². The third-order valence-corrected chi connectivity index (χ3v) is 4.77. The lowest BCUT2D eigenvalue weighted by atomic mass is 10.3. The summed E-state index contributed by atoms with van der Waals surface area (Å²) >= 11 is 3.15. The summed E-state index contributed by atoms with van der Waals surface area (Å²) in [6, 6.07) is 0. The molecule has 0 saturated carbocycles. The van der Waals surface area contributed by atoms with Crippen LogP contribution in [0.1, 0.15) is 26.0 Å². The quantitative estimate of drug-likeness (QED) is 0.745. The number of carbonyl (C=O) groups is 1. The second kappa shape index (κ2) is 7.74. The summed E-state index contributed by atoms with van der Waals surface area (Å²) in [7, 11) is 0. The van der Waals surface area contributed by atoms with Crippen molar-refractivity contribution in [2.45, 2.75) is 43.6 Å². The Bertz CT molecular complexity index is 393. The molecule has 0 aliphatic heterocycles. The van der Waals surface area contributed by atoms with Crippen LogP contribution < -0.4 is 0 Å². The molecule has 1 heterocycles. The molecule has 1 rings (SSSR count). The minimum atomic E-state index is -0.801. The summed E-state index contributed by atoms with van der Waals surface area (Å²) in [5.74, 6) is -0.733. The van der Waals surface area contributed by atoms with Gasteiger partial charge in [0.05, 0.1) is 5.75 Å². The zero-order valence-corrected chi connectivity index (χ0v) is 12.7. The topological polar surface area (TPSA) is 55.1 Å². The Labute approximate surface area is 117 Å². The van der Waals surface area contributed by atoms with Gasteiger partial charge in [-0.3, -0.25) is 4.79 Å². The van der Waals surface area contributed by atoms with E-state index in [2.05, 4.69) is 29.7 Å². The lowest BCUT2D eigenvalue weighted by Gasteiger charge is -2.13. The van der Waals surface area contributed by atoms with Gasteiger partial charge < -0.3 is 9.67 Å². The zero-order chi connectivity index (χ0) is 13.5. The molecule has 1 atom stereocenters. The van der Waals surface area contributed by atoms with Crippen molar-refractivity contribution in [2.24, 2.45) is 0 Å². The van der Waals surface area contributed by atoms with E-state index in [1.54, 1.807) is 0 Å². The number of hydrogen-bond acceptors (Lipinski definition) is 4. The molecule has 1 N–H and O–H groups in total. The number of rotatable bonds is 8. The molecule has 1 aromatic heterocycles. The Morgan fingerprint density at radius 2 is 2.33 bits per heavy atom. The molecular weight excluding hydrogens is 268 g/mol. The average Bonchev–Trinajstić information content (AvgIpc) is 2.75. The van der Waals surface area contributed by atoms with E-state index in [0.717, 1.165) is 24.5 Å². The van der Waals surface area contributed by atoms with Crippen LogP contribution in [0.4, 0.5) is 0 Å². The molecule has 0 spiro atoms. The molecule has 6 heteroatoms. The summed E-state index contributed by atoms with van der Waals surface area (Å²) in [6.07, 6.45) is 5.97. The largest absolute Gasteiger partial charge is 0.481 e. The van der Waals surface area contributed by atoms with Gasteiger partial charge in [-0.1, -0.05) is 25.6 Å². The highest BCUT2D eigenvalue weighted by Crippen LogP contribution is 2.21. The van der Waals surface area contributed by atoms with Crippen molar-refractivity contribution in [3.05, 3.63) is 11.9 Å². The molecule has 4 nitrogen and oxygen atoms in total. The molecule has 1 aromatic rings. The van der Waals surface area contributed by atoms with Gasteiger partial charge in [-0.2, -0.15) is 11.8 Å². The Kier molecular flexibility index (Phi) is 6.63. The number of aryl methyl sites for hydroxylation is 1. The van der Waals surface area contributed by atoms with Crippen LogP contribution in [-0.4, -0.2) is 37.9 Å². The summed E-state index contributed by atoms with van der Waals surface area (Å²) < 4.78 is 2.15. The highest BCUT2D eigenvalue weighted by atomic mass is 32.2. The molecule has 1 unspecified atom stereocenters. The zero-order valence-electron chi connectivity index (χ0n) is 11.0. The Morgan fingerprint density at radius 1 is 1.61 bits per heavy atom. The highest BCUT2D eigenvalue weighted by Gasteiger charge is 2.12. The minimum Gasteiger partial charge on any atom is -0.481 e. The van der Waals surface area contributed by atoms with Gasteiger partial charge >= 0.3 is 5.97 Å². The van der Waals surface area contributed by atoms with Crippen molar-refractivity contribution < 1.29 is 9.90 Å². The number of carboxylic acids is 1. The maximum Gasteiger partial charge on any atom is 0.313 e. The number of imidazole rings is 1. The fraction of sp³-hybridized carbons (Fsp3) is 0.667. The van der Waals surface area contributed by atoms with Gasteiger partial charge in [-0.15, -0.1) is 0 Å². The predicted molar refractivity (Wildman–Crippen MR) is 77.6 cm³/mol. The summed E-state index contributed by atoms with van der Waals surface area (Å²) in [5.41, 5.74) is 1.18.